The van der Waals surface area contributed by atoms with Crippen molar-refractivity contribution in [1.82, 2.24) is 4.90 Å². The molecule has 2 nitrogen and oxygen atoms in total. The lowest BCUT2D eigenvalue weighted by atomic mass is 9.99. The van der Waals surface area contributed by atoms with Gasteiger partial charge in [-0.1, -0.05) is 0 Å². The number of hydrogen-bond acceptors (Lipinski definition) is 1. The van der Waals surface area contributed by atoms with Gasteiger partial charge in [0.15, 0.2) is 0 Å². The van der Waals surface area contributed by atoms with Crippen LogP contribution in [-0.2, 0) is 4.79 Å². The molecule has 54 valence electrons. The van der Waals surface area contributed by atoms with Crippen molar-refractivity contribution in [3.63, 3.8) is 0 Å². The Balaban J connectivity index is 2.50. The predicted octanol–water partition coefficient (Wildman–Crippen LogP) is 0.488. The number of likely N-dealkylation sites (tertiary alicyclic amines) is 1. The van der Waals surface area contributed by atoms with Crippen molar-refractivity contribution in [3.8, 4) is 12.3 Å². The van der Waals surface area contributed by atoms with E-state index < -0.39 is 0 Å². The first-order chi connectivity index (χ1) is 4.74. The highest BCUT2D eigenvalue weighted by Gasteiger charge is 2.20. The average Bonchev–Trinajstić information content (AvgIpc) is 1.95. The maximum atomic E-state index is 10.9. The van der Waals surface area contributed by atoms with Gasteiger partial charge in [0, 0.05) is 25.9 Å². The fourth-order valence-electron chi connectivity index (χ4n) is 1.15. The quantitative estimate of drug-likeness (QED) is 0.445. The van der Waals surface area contributed by atoms with Gasteiger partial charge in [0.25, 0.3) is 0 Å². The molecule has 1 amide bonds. The van der Waals surface area contributed by atoms with Crippen molar-refractivity contribution < 1.29 is 4.79 Å². The van der Waals surface area contributed by atoms with Crippen LogP contribution in [0.1, 0.15) is 12.8 Å². The minimum atomic E-state index is 0.214. The van der Waals surface area contributed by atoms with Crippen molar-refractivity contribution in [3.05, 3.63) is 0 Å². The van der Waals surface area contributed by atoms with E-state index >= 15 is 0 Å². The number of hydrogen-bond donors (Lipinski definition) is 0. The summed E-state index contributed by atoms with van der Waals surface area (Å²) in [4.78, 5) is 12.6. The summed E-state index contributed by atoms with van der Waals surface area (Å²) in [6.45, 7) is 0.731. The van der Waals surface area contributed by atoms with Crippen LogP contribution in [0.3, 0.4) is 0 Å². The molecule has 0 spiro atoms. The maximum Gasteiger partial charge on any atom is 0.222 e. The zero-order valence-corrected chi connectivity index (χ0v) is 6.13. The SMILES string of the molecule is C#CC1CCC(=O)N(C)C1. The summed E-state index contributed by atoms with van der Waals surface area (Å²) in [5, 5.41) is 0. The van der Waals surface area contributed by atoms with Crippen LogP contribution < -0.4 is 0 Å². The van der Waals surface area contributed by atoms with Gasteiger partial charge in [-0.2, -0.15) is 0 Å². The molecule has 0 N–H and O–H groups in total. The Morgan fingerprint density at radius 3 is 3.00 bits per heavy atom. The predicted molar refractivity (Wildman–Crippen MR) is 39.2 cm³/mol. The van der Waals surface area contributed by atoms with Gasteiger partial charge in [0.05, 0.1) is 0 Å². The molecule has 0 bridgehead atoms. The van der Waals surface area contributed by atoms with Crippen LogP contribution in [0.4, 0.5) is 0 Å². The molecule has 1 saturated heterocycles. The lowest BCUT2D eigenvalue weighted by Crippen LogP contribution is -2.36. The fraction of sp³-hybridized carbons (Fsp3) is 0.625. The van der Waals surface area contributed by atoms with E-state index in [1.807, 2.05) is 0 Å². The average molecular weight is 137 g/mol. The first-order valence-electron chi connectivity index (χ1n) is 3.44. The number of amides is 1. The Labute approximate surface area is 61.2 Å². The van der Waals surface area contributed by atoms with Gasteiger partial charge in [-0.3, -0.25) is 4.79 Å². The monoisotopic (exact) mass is 137 g/mol. The van der Waals surface area contributed by atoms with E-state index in [4.69, 9.17) is 6.42 Å². The van der Waals surface area contributed by atoms with Gasteiger partial charge >= 0.3 is 0 Å². The van der Waals surface area contributed by atoms with E-state index in [0.29, 0.717) is 6.42 Å². The van der Waals surface area contributed by atoms with Gasteiger partial charge in [-0.05, 0) is 6.42 Å². The molecule has 0 aromatic rings. The number of carbonyl (C=O) groups excluding carboxylic acids is 1. The molecular formula is C8H11NO. The van der Waals surface area contributed by atoms with Crippen LogP contribution in [0.15, 0.2) is 0 Å². The van der Waals surface area contributed by atoms with Gasteiger partial charge in [0.2, 0.25) is 5.91 Å². The molecule has 10 heavy (non-hydrogen) atoms. The molecule has 1 rings (SSSR count). The Morgan fingerprint density at radius 2 is 2.50 bits per heavy atom. The largest absolute Gasteiger partial charge is 0.345 e. The highest BCUT2D eigenvalue weighted by Crippen LogP contribution is 2.14. The zero-order chi connectivity index (χ0) is 7.56. The molecule has 1 atom stereocenters. The Kier molecular flexibility index (Phi) is 1.96. The van der Waals surface area contributed by atoms with Crippen LogP contribution in [-0.4, -0.2) is 24.4 Å². The summed E-state index contributed by atoms with van der Waals surface area (Å²) >= 11 is 0. The summed E-state index contributed by atoms with van der Waals surface area (Å²) in [6.07, 6.45) is 6.70. The number of piperidine rings is 1. The summed E-state index contributed by atoms with van der Waals surface area (Å²) in [7, 11) is 1.80. The molecule has 0 saturated carbocycles. The van der Waals surface area contributed by atoms with E-state index in [1.165, 1.54) is 0 Å². The third kappa shape index (κ3) is 1.30. The van der Waals surface area contributed by atoms with Crippen LogP contribution in [0, 0.1) is 18.3 Å². The van der Waals surface area contributed by atoms with Gasteiger partial charge in [-0.15, -0.1) is 12.3 Å². The van der Waals surface area contributed by atoms with Crippen LogP contribution in [0.25, 0.3) is 0 Å². The summed E-state index contributed by atoms with van der Waals surface area (Å²) < 4.78 is 0. The van der Waals surface area contributed by atoms with Gasteiger partial charge in [-0.25, -0.2) is 0 Å². The second-order valence-corrected chi connectivity index (χ2v) is 2.68. The summed E-state index contributed by atoms with van der Waals surface area (Å²) in [5.41, 5.74) is 0. The Hall–Kier alpha value is -0.970. The normalized spacial score (nSPS) is 26.2. The molecule has 0 aromatic heterocycles. The second kappa shape index (κ2) is 2.74. The Morgan fingerprint density at radius 1 is 1.80 bits per heavy atom. The molecule has 0 radical (unpaired) electrons. The zero-order valence-electron chi connectivity index (χ0n) is 6.13. The van der Waals surface area contributed by atoms with E-state index in [1.54, 1.807) is 11.9 Å². The van der Waals surface area contributed by atoms with Crippen LogP contribution >= 0.6 is 0 Å². The van der Waals surface area contributed by atoms with E-state index in [9.17, 15) is 4.79 Å². The Bertz CT molecular complexity index is 180. The fourth-order valence-corrected chi connectivity index (χ4v) is 1.15. The smallest absolute Gasteiger partial charge is 0.222 e. The summed E-state index contributed by atoms with van der Waals surface area (Å²) in [5.74, 6) is 3.16. The second-order valence-electron chi connectivity index (χ2n) is 2.68. The van der Waals surface area contributed by atoms with Gasteiger partial charge < -0.3 is 4.90 Å². The van der Waals surface area contributed by atoms with Crippen LogP contribution in [0.2, 0.25) is 0 Å². The highest BCUT2D eigenvalue weighted by atomic mass is 16.2. The van der Waals surface area contributed by atoms with Crippen LogP contribution in [0.5, 0.6) is 0 Å². The lowest BCUT2D eigenvalue weighted by Gasteiger charge is -2.26. The van der Waals surface area contributed by atoms with Crippen molar-refractivity contribution in [2.24, 2.45) is 5.92 Å². The number of rotatable bonds is 0. The molecule has 0 aliphatic carbocycles. The lowest BCUT2D eigenvalue weighted by molar-refractivity contribution is -0.132. The van der Waals surface area contributed by atoms with Crippen molar-refractivity contribution in [2.45, 2.75) is 12.8 Å². The minimum absolute atomic E-state index is 0.214. The standard InChI is InChI=1S/C8H11NO/c1-3-7-4-5-8(10)9(2)6-7/h1,7H,4-6H2,2H3. The molecular weight excluding hydrogens is 126 g/mol. The molecule has 1 fully saturated rings. The first kappa shape index (κ1) is 7.14. The molecule has 1 unspecified atom stereocenters. The third-order valence-electron chi connectivity index (χ3n) is 1.86. The molecule has 1 heterocycles. The summed E-state index contributed by atoms with van der Waals surface area (Å²) in [6, 6.07) is 0. The first-order valence-corrected chi connectivity index (χ1v) is 3.44. The molecule has 0 aromatic carbocycles. The number of carbonyl (C=O) groups is 1. The van der Waals surface area contributed by atoms with Crippen molar-refractivity contribution >= 4 is 5.91 Å². The number of terminal acetylenes is 1. The molecule has 1 aliphatic rings. The minimum Gasteiger partial charge on any atom is -0.345 e. The van der Waals surface area contributed by atoms with Crippen molar-refractivity contribution in [1.29, 1.82) is 0 Å². The van der Waals surface area contributed by atoms with Crippen molar-refractivity contribution in [2.75, 3.05) is 13.6 Å². The molecule has 1 aliphatic heterocycles. The van der Waals surface area contributed by atoms with E-state index in [-0.39, 0.29) is 11.8 Å². The highest BCUT2D eigenvalue weighted by molar-refractivity contribution is 5.76. The van der Waals surface area contributed by atoms with E-state index in [0.717, 1.165) is 13.0 Å². The number of nitrogens with zero attached hydrogens (tertiary/aromatic N) is 1. The third-order valence-corrected chi connectivity index (χ3v) is 1.86. The van der Waals surface area contributed by atoms with E-state index in [2.05, 4.69) is 5.92 Å². The maximum absolute atomic E-state index is 10.9. The van der Waals surface area contributed by atoms with Gasteiger partial charge in [0.1, 0.15) is 0 Å². The topological polar surface area (TPSA) is 20.3 Å². The molecule has 2 heteroatoms.